The van der Waals surface area contributed by atoms with Gasteiger partial charge in [-0.05, 0) is 41.8 Å². The molecule has 2 amide bonds. The minimum Gasteiger partial charge on any atom is -0.497 e. The monoisotopic (exact) mass is 376 g/mol. The number of aliphatic carboxylic acids is 1. The first-order chi connectivity index (χ1) is 12.4. The van der Waals surface area contributed by atoms with Crippen molar-refractivity contribution < 1.29 is 19.4 Å². The molecule has 0 aliphatic carbocycles. The van der Waals surface area contributed by atoms with Crippen molar-refractivity contribution in [3.05, 3.63) is 64.2 Å². The molecule has 0 bridgehead atoms. The zero-order valence-corrected chi connectivity index (χ0v) is 15.3. The number of amides is 2. The summed E-state index contributed by atoms with van der Waals surface area (Å²) < 4.78 is 5.23. The predicted molar refractivity (Wildman–Crippen MR) is 99.8 cm³/mol. The van der Waals surface area contributed by atoms with Crippen molar-refractivity contribution in [1.82, 2.24) is 10.6 Å². The second-order valence-electron chi connectivity index (χ2n) is 5.72. The Labute approximate surface area is 157 Å². The maximum absolute atomic E-state index is 12.2. The van der Waals surface area contributed by atoms with Crippen LogP contribution in [0.25, 0.3) is 0 Å². The van der Waals surface area contributed by atoms with Crippen LogP contribution in [0.1, 0.15) is 29.2 Å². The van der Waals surface area contributed by atoms with E-state index < -0.39 is 18.0 Å². The largest absolute Gasteiger partial charge is 0.497 e. The van der Waals surface area contributed by atoms with Gasteiger partial charge in [-0.2, -0.15) is 0 Å². The Morgan fingerprint density at radius 3 is 2.54 bits per heavy atom. The van der Waals surface area contributed by atoms with Crippen molar-refractivity contribution in [2.24, 2.45) is 0 Å². The van der Waals surface area contributed by atoms with Crippen LogP contribution in [0.15, 0.2) is 42.5 Å². The molecule has 0 saturated carbocycles. The second-order valence-corrected chi connectivity index (χ2v) is 6.13. The van der Waals surface area contributed by atoms with E-state index in [0.717, 1.165) is 22.4 Å². The number of ether oxygens (including phenoxy) is 1. The Hall–Kier alpha value is -2.73. The highest BCUT2D eigenvalue weighted by Gasteiger charge is 2.21. The number of rotatable bonds is 7. The van der Waals surface area contributed by atoms with Gasteiger partial charge in [0.2, 0.25) is 0 Å². The van der Waals surface area contributed by atoms with Crippen molar-refractivity contribution in [2.75, 3.05) is 13.7 Å². The number of aryl methyl sites for hydroxylation is 1. The first-order valence-corrected chi connectivity index (χ1v) is 8.45. The highest BCUT2D eigenvalue weighted by molar-refractivity contribution is 6.31. The normalized spacial score (nSPS) is 11.5. The van der Waals surface area contributed by atoms with E-state index in [1.807, 2.05) is 43.3 Å². The van der Waals surface area contributed by atoms with E-state index in [-0.39, 0.29) is 13.0 Å². The number of carboxylic acid groups (broad SMARTS) is 1. The first kappa shape index (κ1) is 19.6. The van der Waals surface area contributed by atoms with Gasteiger partial charge < -0.3 is 20.5 Å². The molecule has 1 atom stereocenters. The Balaban J connectivity index is 2.30. The first-order valence-electron chi connectivity index (χ1n) is 8.07. The van der Waals surface area contributed by atoms with Gasteiger partial charge in [-0.1, -0.05) is 35.9 Å². The van der Waals surface area contributed by atoms with Crippen LogP contribution in [-0.4, -0.2) is 30.8 Å². The van der Waals surface area contributed by atoms with Crippen LogP contribution in [-0.2, 0) is 4.79 Å². The average molecular weight is 377 g/mol. The Kier molecular flexibility index (Phi) is 6.86. The van der Waals surface area contributed by atoms with Crippen molar-refractivity contribution in [3.8, 4) is 5.75 Å². The zero-order chi connectivity index (χ0) is 19.1. The lowest BCUT2D eigenvalue weighted by Crippen LogP contribution is -2.39. The van der Waals surface area contributed by atoms with E-state index in [2.05, 4.69) is 10.6 Å². The SMILES string of the molecule is COc1ccc(C(NC(=O)NCCC(=O)O)c2ccccc2Cl)c(C)c1. The Morgan fingerprint density at radius 2 is 1.92 bits per heavy atom. The lowest BCUT2D eigenvalue weighted by Gasteiger charge is -2.23. The molecule has 26 heavy (non-hydrogen) atoms. The van der Waals surface area contributed by atoms with E-state index in [9.17, 15) is 9.59 Å². The van der Waals surface area contributed by atoms with Crippen LogP contribution < -0.4 is 15.4 Å². The third kappa shape index (κ3) is 5.13. The van der Waals surface area contributed by atoms with E-state index in [0.29, 0.717) is 5.02 Å². The molecule has 2 aromatic rings. The molecular weight excluding hydrogens is 356 g/mol. The van der Waals surface area contributed by atoms with Gasteiger partial charge in [0.15, 0.2) is 0 Å². The topological polar surface area (TPSA) is 87.7 Å². The number of carbonyl (C=O) groups is 2. The second kappa shape index (κ2) is 9.10. The van der Waals surface area contributed by atoms with Gasteiger partial charge in [-0.25, -0.2) is 4.79 Å². The van der Waals surface area contributed by atoms with E-state index in [4.69, 9.17) is 21.4 Å². The summed E-state index contributed by atoms with van der Waals surface area (Å²) in [6, 6.07) is 11.9. The molecule has 1 unspecified atom stereocenters. The van der Waals surface area contributed by atoms with Gasteiger partial charge in [0.05, 0.1) is 19.6 Å². The molecule has 2 rings (SSSR count). The molecule has 3 N–H and O–H groups in total. The quantitative estimate of drug-likeness (QED) is 0.690. The number of carboxylic acids is 1. The number of carbonyl (C=O) groups excluding carboxylic acids is 1. The molecule has 7 heteroatoms. The average Bonchev–Trinajstić information content (AvgIpc) is 2.60. The van der Waals surface area contributed by atoms with Gasteiger partial charge in [0.1, 0.15) is 5.75 Å². The van der Waals surface area contributed by atoms with E-state index in [1.54, 1.807) is 13.2 Å². The molecule has 6 nitrogen and oxygen atoms in total. The number of urea groups is 1. The zero-order valence-electron chi connectivity index (χ0n) is 14.6. The summed E-state index contributed by atoms with van der Waals surface area (Å²) in [5.41, 5.74) is 2.54. The predicted octanol–water partition coefficient (Wildman–Crippen LogP) is 3.52. The summed E-state index contributed by atoms with van der Waals surface area (Å²) >= 11 is 6.34. The van der Waals surface area contributed by atoms with Crippen molar-refractivity contribution in [3.63, 3.8) is 0 Å². The summed E-state index contributed by atoms with van der Waals surface area (Å²) in [7, 11) is 1.59. The highest BCUT2D eigenvalue weighted by atomic mass is 35.5. The fourth-order valence-electron chi connectivity index (χ4n) is 2.60. The molecule has 0 radical (unpaired) electrons. The van der Waals surface area contributed by atoms with Gasteiger partial charge in [-0.15, -0.1) is 0 Å². The van der Waals surface area contributed by atoms with Gasteiger partial charge >= 0.3 is 12.0 Å². The van der Waals surface area contributed by atoms with E-state index >= 15 is 0 Å². The third-order valence-electron chi connectivity index (χ3n) is 3.90. The summed E-state index contributed by atoms with van der Waals surface area (Å²) in [5, 5.41) is 14.6. The summed E-state index contributed by atoms with van der Waals surface area (Å²) in [4.78, 5) is 22.8. The van der Waals surface area contributed by atoms with E-state index in [1.165, 1.54) is 0 Å². The van der Waals surface area contributed by atoms with Crippen molar-refractivity contribution >= 4 is 23.6 Å². The molecule has 0 heterocycles. The highest BCUT2D eigenvalue weighted by Crippen LogP contribution is 2.31. The Bertz CT molecular complexity index is 795. The molecule has 0 saturated heterocycles. The molecular formula is C19H21ClN2O4. The summed E-state index contributed by atoms with van der Waals surface area (Å²) in [6.45, 7) is 1.96. The molecule has 138 valence electrons. The minimum absolute atomic E-state index is 0.0397. The number of nitrogens with one attached hydrogen (secondary N) is 2. The lowest BCUT2D eigenvalue weighted by atomic mass is 9.94. The molecule has 0 aliphatic heterocycles. The van der Waals surface area contributed by atoms with Crippen LogP contribution in [0.3, 0.4) is 0 Å². The number of methoxy groups -OCH3 is 1. The number of halogens is 1. The molecule has 0 aromatic heterocycles. The molecule has 0 aliphatic rings. The number of hydrogen-bond acceptors (Lipinski definition) is 3. The van der Waals surface area contributed by atoms with Crippen LogP contribution in [0.2, 0.25) is 5.02 Å². The fourth-order valence-corrected chi connectivity index (χ4v) is 2.84. The maximum Gasteiger partial charge on any atom is 0.315 e. The third-order valence-corrected chi connectivity index (χ3v) is 4.25. The number of hydrogen-bond donors (Lipinski definition) is 3. The molecule has 2 aromatic carbocycles. The molecule has 0 fully saturated rings. The van der Waals surface area contributed by atoms with Gasteiger partial charge in [-0.3, -0.25) is 4.79 Å². The number of benzene rings is 2. The Morgan fingerprint density at radius 1 is 1.19 bits per heavy atom. The van der Waals surface area contributed by atoms with Crippen LogP contribution in [0.5, 0.6) is 5.75 Å². The standard InChI is InChI=1S/C19H21ClN2O4/c1-12-11-13(26-2)7-8-14(12)18(15-5-3-4-6-16(15)20)22-19(25)21-10-9-17(23)24/h3-8,11,18H,9-10H2,1-2H3,(H,23,24)(H2,21,22,25). The summed E-state index contributed by atoms with van der Waals surface area (Å²) in [6.07, 6.45) is -0.147. The minimum atomic E-state index is -0.973. The van der Waals surface area contributed by atoms with Crippen LogP contribution in [0.4, 0.5) is 4.79 Å². The molecule has 0 spiro atoms. The van der Waals surface area contributed by atoms with Gasteiger partial charge in [0, 0.05) is 11.6 Å². The fraction of sp³-hybridized carbons (Fsp3) is 0.263. The summed E-state index contributed by atoms with van der Waals surface area (Å²) in [5.74, 6) is -0.256. The van der Waals surface area contributed by atoms with Crippen LogP contribution >= 0.6 is 11.6 Å². The van der Waals surface area contributed by atoms with Crippen molar-refractivity contribution in [1.29, 1.82) is 0 Å². The van der Waals surface area contributed by atoms with Crippen molar-refractivity contribution in [2.45, 2.75) is 19.4 Å². The lowest BCUT2D eigenvalue weighted by molar-refractivity contribution is -0.136. The van der Waals surface area contributed by atoms with Gasteiger partial charge in [0.25, 0.3) is 0 Å². The maximum atomic E-state index is 12.2. The smallest absolute Gasteiger partial charge is 0.315 e. The van der Waals surface area contributed by atoms with Crippen LogP contribution in [0, 0.1) is 6.92 Å².